The number of nitrogens with one attached hydrogen (secondary N) is 1. The van der Waals surface area contributed by atoms with Crippen molar-refractivity contribution < 1.29 is 0 Å². The van der Waals surface area contributed by atoms with Crippen molar-refractivity contribution in [2.75, 3.05) is 12.4 Å². The van der Waals surface area contributed by atoms with Gasteiger partial charge in [-0.15, -0.1) is 11.6 Å². The van der Waals surface area contributed by atoms with E-state index in [1.54, 1.807) is 0 Å². The van der Waals surface area contributed by atoms with Gasteiger partial charge < -0.3 is 5.32 Å². The normalized spacial score (nSPS) is 19.9. The van der Waals surface area contributed by atoms with E-state index in [0.29, 0.717) is 0 Å². The van der Waals surface area contributed by atoms with Crippen molar-refractivity contribution in [1.29, 1.82) is 0 Å². The standard InChI is InChI=1S/C12H24ClN/c1-12(2,8-9-13)14-10-11-6-4-3-5-7-11/h11,14H,3-10H2,1-2H3. The molecule has 1 fully saturated rings. The molecule has 1 nitrogen and oxygen atoms in total. The highest BCUT2D eigenvalue weighted by molar-refractivity contribution is 6.17. The molecule has 0 bridgehead atoms. The zero-order valence-electron chi connectivity index (χ0n) is 9.61. The maximum absolute atomic E-state index is 5.77. The van der Waals surface area contributed by atoms with Gasteiger partial charge in [-0.1, -0.05) is 19.3 Å². The molecule has 0 unspecified atom stereocenters. The Morgan fingerprint density at radius 3 is 2.43 bits per heavy atom. The number of halogens is 1. The van der Waals surface area contributed by atoms with Crippen molar-refractivity contribution in [2.24, 2.45) is 5.92 Å². The first-order valence-corrected chi connectivity index (χ1v) is 6.48. The zero-order valence-corrected chi connectivity index (χ0v) is 10.4. The average Bonchev–Trinajstić information content (AvgIpc) is 2.17. The van der Waals surface area contributed by atoms with Crippen molar-refractivity contribution in [3.63, 3.8) is 0 Å². The molecule has 0 amide bonds. The van der Waals surface area contributed by atoms with Crippen LogP contribution in [0.3, 0.4) is 0 Å². The highest BCUT2D eigenvalue weighted by atomic mass is 35.5. The molecule has 0 radical (unpaired) electrons. The van der Waals surface area contributed by atoms with Gasteiger partial charge in [0.1, 0.15) is 0 Å². The van der Waals surface area contributed by atoms with Gasteiger partial charge in [-0.2, -0.15) is 0 Å². The van der Waals surface area contributed by atoms with Crippen LogP contribution in [-0.4, -0.2) is 18.0 Å². The minimum Gasteiger partial charge on any atom is -0.311 e. The summed E-state index contributed by atoms with van der Waals surface area (Å²) >= 11 is 5.77. The van der Waals surface area contributed by atoms with Gasteiger partial charge in [0.15, 0.2) is 0 Å². The van der Waals surface area contributed by atoms with Crippen LogP contribution in [0, 0.1) is 5.92 Å². The molecular weight excluding hydrogens is 194 g/mol. The molecule has 0 aromatic heterocycles. The van der Waals surface area contributed by atoms with Crippen LogP contribution in [0.25, 0.3) is 0 Å². The lowest BCUT2D eigenvalue weighted by Gasteiger charge is -2.30. The third-order valence-corrected chi connectivity index (χ3v) is 3.50. The van der Waals surface area contributed by atoms with Gasteiger partial charge in [0.25, 0.3) is 0 Å². The number of hydrogen-bond donors (Lipinski definition) is 1. The molecule has 0 saturated heterocycles. The van der Waals surface area contributed by atoms with E-state index >= 15 is 0 Å². The summed E-state index contributed by atoms with van der Waals surface area (Å²) in [4.78, 5) is 0. The monoisotopic (exact) mass is 217 g/mol. The Morgan fingerprint density at radius 2 is 1.86 bits per heavy atom. The molecule has 0 heterocycles. The smallest absolute Gasteiger partial charge is 0.0240 e. The van der Waals surface area contributed by atoms with E-state index in [1.165, 1.54) is 38.6 Å². The largest absolute Gasteiger partial charge is 0.311 e. The summed E-state index contributed by atoms with van der Waals surface area (Å²) < 4.78 is 0. The second-order valence-electron chi connectivity index (χ2n) is 5.21. The summed E-state index contributed by atoms with van der Waals surface area (Å²) in [5.74, 6) is 1.67. The molecule has 14 heavy (non-hydrogen) atoms. The molecule has 0 spiro atoms. The van der Waals surface area contributed by atoms with E-state index in [2.05, 4.69) is 19.2 Å². The number of hydrogen-bond acceptors (Lipinski definition) is 1. The van der Waals surface area contributed by atoms with Crippen LogP contribution >= 0.6 is 11.6 Å². The molecular formula is C12H24ClN. The predicted molar refractivity (Wildman–Crippen MR) is 64.0 cm³/mol. The Bertz CT molecular complexity index is 150. The van der Waals surface area contributed by atoms with E-state index in [9.17, 15) is 0 Å². The van der Waals surface area contributed by atoms with Gasteiger partial charge in [0.2, 0.25) is 0 Å². The van der Waals surface area contributed by atoms with Crippen LogP contribution in [-0.2, 0) is 0 Å². The predicted octanol–water partition coefficient (Wildman–Crippen LogP) is 3.56. The van der Waals surface area contributed by atoms with Crippen molar-refractivity contribution in [1.82, 2.24) is 5.32 Å². The molecule has 1 N–H and O–H groups in total. The Kier molecular flexibility index (Phi) is 5.25. The van der Waals surface area contributed by atoms with Gasteiger partial charge in [-0.25, -0.2) is 0 Å². The lowest BCUT2D eigenvalue weighted by Crippen LogP contribution is -2.42. The van der Waals surface area contributed by atoms with E-state index < -0.39 is 0 Å². The van der Waals surface area contributed by atoms with E-state index in [-0.39, 0.29) is 5.54 Å². The molecule has 0 aromatic carbocycles. The molecule has 1 saturated carbocycles. The lowest BCUT2D eigenvalue weighted by atomic mass is 9.88. The fraction of sp³-hybridized carbons (Fsp3) is 1.00. The number of rotatable bonds is 5. The van der Waals surface area contributed by atoms with Crippen LogP contribution in [0.5, 0.6) is 0 Å². The highest BCUT2D eigenvalue weighted by Gasteiger charge is 2.19. The summed E-state index contributed by atoms with van der Waals surface area (Å²) in [5.41, 5.74) is 0.221. The van der Waals surface area contributed by atoms with Crippen LogP contribution in [0.15, 0.2) is 0 Å². The van der Waals surface area contributed by atoms with Crippen LogP contribution in [0.2, 0.25) is 0 Å². The summed E-state index contributed by atoms with van der Waals surface area (Å²) in [7, 11) is 0. The second kappa shape index (κ2) is 5.97. The molecule has 1 rings (SSSR count). The Labute approximate surface area is 93.6 Å². The number of alkyl halides is 1. The van der Waals surface area contributed by atoms with Crippen LogP contribution in [0.1, 0.15) is 52.4 Å². The molecule has 0 aliphatic heterocycles. The summed E-state index contributed by atoms with van der Waals surface area (Å²) in [6, 6.07) is 0. The molecule has 2 heteroatoms. The van der Waals surface area contributed by atoms with Crippen molar-refractivity contribution in [2.45, 2.75) is 57.9 Å². The second-order valence-corrected chi connectivity index (χ2v) is 5.59. The molecule has 1 aliphatic carbocycles. The SMILES string of the molecule is CC(C)(CCCl)NCC1CCCCC1. The van der Waals surface area contributed by atoms with Gasteiger partial charge >= 0.3 is 0 Å². The summed E-state index contributed by atoms with van der Waals surface area (Å²) in [5, 5.41) is 3.65. The van der Waals surface area contributed by atoms with Gasteiger partial charge in [-0.05, 0) is 45.6 Å². The fourth-order valence-corrected chi connectivity index (χ4v) is 2.61. The van der Waals surface area contributed by atoms with Crippen molar-refractivity contribution in [3.8, 4) is 0 Å². The summed E-state index contributed by atoms with van der Waals surface area (Å²) in [6.45, 7) is 5.68. The first kappa shape index (κ1) is 12.3. The van der Waals surface area contributed by atoms with E-state index in [1.807, 2.05) is 0 Å². The molecule has 84 valence electrons. The lowest BCUT2D eigenvalue weighted by molar-refractivity contribution is 0.290. The first-order chi connectivity index (χ1) is 6.64. The quantitative estimate of drug-likeness (QED) is 0.695. The van der Waals surface area contributed by atoms with Crippen LogP contribution < -0.4 is 5.32 Å². The molecule has 0 atom stereocenters. The topological polar surface area (TPSA) is 12.0 Å². The fourth-order valence-electron chi connectivity index (χ4n) is 2.14. The van der Waals surface area contributed by atoms with E-state index in [4.69, 9.17) is 11.6 Å². The minimum absolute atomic E-state index is 0.221. The zero-order chi connectivity index (χ0) is 10.4. The average molecular weight is 218 g/mol. The Balaban J connectivity index is 2.17. The van der Waals surface area contributed by atoms with Gasteiger partial charge in [0, 0.05) is 11.4 Å². The molecule has 0 aromatic rings. The first-order valence-electron chi connectivity index (χ1n) is 5.95. The maximum Gasteiger partial charge on any atom is 0.0240 e. The molecule has 1 aliphatic rings. The minimum atomic E-state index is 0.221. The van der Waals surface area contributed by atoms with E-state index in [0.717, 1.165) is 18.2 Å². The summed E-state index contributed by atoms with van der Waals surface area (Å²) in [6.07, 6.45) is 8.21. The third-order valence-electron chi connectivity index (χ3n) is 3.31. The van der Waals surface area contributed by atoms with Crippen LogP contribution in [0.4, 0.5) is 0 Å². The Morgan fingerprint density at radius 1 is 1.21 bits per heavy atom. The van der Waals surface area contributed by atoms with Gasteiger partial charge in [0.05, 0.1) is 0 Å². The maximum atomic E-state index is 5.77. The highest BCUT2D eigenvalue weighted by Crippen LogP contribution is 2.23. The van der Waals surface area contributed by atoms with Crippen molar-refractivity contribution >= 4 is 11.6 Å². The van der Waals surface area contributed by atoms with Gasteiger partial charge in [-0.3, -0.25) is 0 Å². The Hall–Kier alpha value is 0.250. The van der Waals surface area contributed by atoms with Crippen molar-refractivity contribution in [3.05, 3.63) is 0 Å². The third kappa shape index (κ3) is 4.65.